The minimum Gasteiger partial charge on any atom is -0.391 e. The van der Waals surface area contributed by atoms with Crippen molar-refractivity contribution in [3.63, 3.8) is 0 Å². The Balaban J connectivity index is 2.07. The van der Waals surface area contributed by atoms with Gasteiger partial charge in [-0.25, -0.2) is 0 Å². The zero-order valence-electron chi connectivity index (χ0n) is 13.2. The number of piperidine rings is 1. The number of hydrogen-bond acceptors (Lipinski definition) is 3. The molecule has 1 fully saturated rings. The molecule has 5 heteroatoms. The molecule has 1 heterocycles. The summed E-state index contributed by atoms with van der Waals surface area (Å²) in [5.74, 6) is -0.199. The van der Waals surface area contributed by atoms with Gasteiger partial charge >= 0.3 is 0 Å². The monoisotopic (exact) mass is 304 g/mol. The van der Waals surface area contributed by atoms with Gasteiger partial charge in [0, 0.05) is 30.3 Å². The number of nitrogens with zero attached hydrogens (tertiary/aromatic N) is 1. The van der Waals surface area contributed by atoms with Crippen LogP contribution in [0.15, 0.2) is 24.3 Å². The van der Waals surface area contributed by atoms with Crippen molar-refractivity contribution in [2.45, 2.75) is 39.2 Å². The van der Waals surface area contributed by atoms with E-state index < -0.39 is 6.10 Å². The van der Waals surface area contributed by atoms with Crippen molar-refractivity contribution in [1.29, 1.82) is 0 Å². The first-order chi connectivity index (χ1) is 10.5. The maximum atomic E-state index is 12.5. The molecule has 2 rings (SSSR count). The van der Waals surface area contributed by atoms with E-state index >= 15 is 0 Å². The molecule has 0 bridgehead atoms. The van der Waals surface area contributed by atoms with Crippen LogP contribution in [0.3, 0.4) is 0 Å². The molecule has 2 unspecified atom stereocenters. The molecule has 0 aliphatic carbocycles. The molecular weight excluding hydrogens is 280 g/mol. The minimum atomic E-state index is -0.439. The molecular formula is C17H24N2O3. The Morgan fingerprint density at radius 2 is 2.23 bits per heavy atom. The molecule has 1 aliphatic rings. The van der Waals surface area contributed by atoms with Gasteiger partial charge in [-0.2, -0.15) is 0 Å². The number of nitrogens with one attached hydrogen (secondary N) is 1. The summed E-state index contributed by atoms with van der Waals surface area (Å²) in [6, 6.07) is 6.98. The molecule has 5 nitrogen and oxygen atoms in total. The summed E-state index contributed by atoms with van der Waals surface area (Å²) in [5, 5.41) is 12.5. The zero-order chi connectivity index (χ0) is 16.1. The molecule has 2 atom stereocenters. The highest BCUT2D eigenvalue weighted by atomic mass is 16.3. The van der Waals surface area contributed by atoms with Crippen LogP contribution in [0, 0.1) is 5.92 Å². The van der Waals surface area contributed by atoms with Gasteiger partial charge in [-0.15, -0.1) is 0 Å². The third-order valence-corrected chi connectivity index (χ3v) is 4.12. The second kappa shape index (κ2) is 7.40. The van der Waals surface area contributed by atoms with Crippen molar-refractivity contribution in [2.24, 2.45) is 5.92 Å². The largest absolute Gasteiger partial charge is 0.391 e. The van der Waals surface area contributed by atoms with Crippen LogP contribution in [-0.4, -0.2) is 41.0 Å². The predicted molar refractivity (Wildman–Crippen MR) is 85.7 cm³/mol. The van der Waals surface area contributed by atoms with Crippen LogP contribution in [0.25, 0.3) is 0 Å². The quantitative estimate of drug-likeness (QED) is 0.896. The number of anilines is 1. The highest BCUT2D eigenvalue weighted by Crippen LogP contribution is 2.17. The van der Waals surface area contributed by atoms with E-state index in [1.807, 2.05) is 13.8 Å². The van der Waals surface area contributed by atoms with Gasteiger partial charge in [-0.1, -0.05) is 19.9 Å². The van der Waals surface area contributed by atoms with Crippen molar-refractivity contribution >= 4 is 17.5 Å². The van der Waals surface area contributed by atoms with Gasteiger partial charge < -0.3 is 15.3 Å². The highest BCUT2D eigenvalue weighted by Gasteiger charge is 2.23. The lowest BCUT2D eigenvalue weighted by Crippen LogP contribution is -2.42. The second-order valence-electron chi connectivity index (χ2n) is 5.93. The van der Waals surface area contributed by atoms with E-state index in [1.165, 1.54) is 0 Å². The van der Waals surface area contributed by atoms with Gasteiger partial charge in [-0.05, 0) is 37.5 Å². The molecule has 2 N–H and O–H groups in total. The fourth-order valence-corrected chi connectivity index (χ4v) is 2.50. The molecule has 1 aliphatic heterocycles. The number of likely N-dealkylation sites (tertiary alicyclic amines) is 1. The number of carbonyl (C=O) groups excluding carboxylic acids is 2. The Morgan fingerprint density at radius 3 is 2.91 bits per heavy atom. The van der Waals surface area contributed by atoms with Crippen molar-refractivity contribution in [3.05, 3.63) is 29.8 Å². The van der Waals surface area contributed by atoms with E-state index in [0.29, 0.717) is 24.3 Å². The SMILES string of the molecule is CCC(C)C(=O)Nc1cccc(C(=O)N2CCCC(O)C2)c1. The number of benzene rings is 1. The van der Waals surface area contributed by atoms with Gasteiger partial charge in [0.05, 0.1) is 6.10 Å². The number of hydrogen-bond donors (Lipinski definition) is 2. The maximum Gasteiger partial charge on any atom is 0.254 e. The summed E-state index contributed by atoms with van der Waals surface area (Å²) in [4.78, 5) is 26.1. The third-order valence-electron chi connectivity index (χ3n) is 4.12. The van der Waals surface area contributed by atoms with Gasteiger partial charge in [0.25, 0.3) is 5.91 Å². The Kier molecular flexibility index (Phi) is 5.55. The Labute approximate surface area is 131 Å². The van der Waals surface area contributed by atoms with Crippen LogP contribution in [0.1, 0.15) is 43.5 Å². The summed E-state index contributed by atoms with van der Waals surface area (Å²) in [6.45, 7) is 4.88. The van der Waals surface area contributed by atoms with Gasteiger partial charge in [0.2, 0.25) is 5.91 Å². The smallest absolute Gasteiger partial charge is 0.254 e. The molecule has 0 aromatic heterocycles. The molecule has 1 aromatic carbocycles. The topological polar surface area (TPSA) is 69.6 Å². The second-order valence-corrected chi connectivity index (χ2v) is 5.93. The van der Waals surface area contributed by atoms with Crippen LogP contribution in [0.4, 0.5) is 5.69 Å². The van der Waals surface area contributed by atoms with E-state index in [2.05, 4.69) is 5.32 Å². The summed E-state index contributed by atoms with van der Waals surface area (Å²) in [7, 11) is 0. The van der Waals surface area contributed by atoms with Gasteiger partial charge in [0.1, 0.15) is 0 Å². The summed E-state index contributed by atoms with van der Waals surface area (Å²) in [6.07, 6.45) is 1.90. The highest BCUT2D eigenvalue weighted by molar-refractivity contribution is 5.97. The molecule has 22 heavy (non-hydrogen) atoms. The van der Waals surface area contributed by atoms with Crippen LogP contribution in [0.2, 0.25) is 0 Å². The molecule has 120 valence electrons. The summed E-state index contributed by atoms with van der Waals surface area (Å²) in [5.41, 5.74) is 1.17. The zero-order valence-corrected chi connectivity index (χ0v) is 13.2. The lowest BCUT2D eigenvalue weighted by Gasteiger charge is -2.30. The molecule has 2 amide bonds. The van der Waals surface area contributed by atoms with E-state index in [4.69, 9.17) is 0 Å². The van der Waals surface area contributed by atoms with Crippen LogP contribution in [0.5, 0.6) is 0 Å². The maximum absolute atomic E-state index is 12.5. The fraction of sp³-hybridized carbons (Fsp3) is 0.529. The molecule has 0 saturated carbocycles. The number of rotatable bonds is 4. The minimum absolute atomic E-state index is 0.0412. The van der Waals surface area contributed by atoms with Crippen LogP contribution in [-0.2, 0) is 4.79 Å². The van der Waals surface area contributed by atoms with Crippen molar-refractivity contribution in [2.75, 3.05) is 18.4 Å². The number of carbonyl (C=O) groups is 2. The van der Waals surface area contributed by atoms with Crippen molar-refractivity contribution < 1.29 is 14.7 Å². The molecule has 0 radical (unpaired) electrons. The first kappa shape index (κ1) is 16.5. The average molecular weight is 304 g/mol. The normalized spacial score (nSPS) is 19.6. The first-order valence-corrected chi connectivity index (χ1v) is 7.89. The third kappa shape index (κ3) is 4.07. The Bertz CT molecular complexity index is 544. The number of aliphatic hydroxyl groups excluding tert-OH is 1. The summed E-state index contributed by atoms with van der Waals surface area (Å²) < 4.78 is 0. The molecule has 1 saturated heterocycles. The first-order valence-electron chi connectivity index (χ1n) is 7.89. The van der Waals surface area contributed by atoms with Crippen LogP contribution >= 0.6 is 0 Å². The Morgan fingerprint density at radius 1 is 1.45 bits per heavy atom. The molecule has 0 spiro atoms. The lowest BCUT2D eigenvalue weighted by molar-refractivity contribution is -0.119. The van der Waals surface area contributed by atoms with Crippen molar-refractivity contribution in [3.8, 4) is 0 Å². The fourth-order valence-electron chi connectivity index (χ4n) is 2.50. The Hall–Kier alpha value is -1.88. The summed E-state index contributed by atoms with van der Waals surface area (Å²) >= 11 is 0. The van der Waals surface area contributed by atoms with E-state index in [0.717, 1.165) is 19.3 Å². The lowest BCUT2D eigenvalue weighted by atomic mass is 10.1. The number of aliphatic hydroxyl groups is 1. The van der Waals surface area contributed by atoms with Gasteiger partial charge in [-0.3, -0.25) is 9.59 Å². The number of amides is 2. The number of β-amino-alcohol motifs (C(OH)–C–C–N with tert-alkyl or cyclic N) is 1. The van der Waals surface area contributed by atoms with Crippen molar-refractivity contribution in [1.82, 2.24) is 4.90 Å². The van der Waals surface area contributed by atoms with Gasteiger partial charge in [0.15, 0.2) is 0 Å². The average Bonchev–Trinajstić information content (AvgIpc) is 2.53. The predicted octanol–water partition coefficient (Wildman–Crippen LogP) is 2.27. The van der Waals surface area contributed by atoms with E-state index in [-0.39, 0.29) is 17.7 Å². The molecule has 1 aromatic rings. The van der Waals surface area contributed by atoms with E-state index in [9.17, 15) is 14.7 Å². The van der Waals surface area contributed by atoms with Crippen LogP contribution < -0.4 is 5.32 Å². The standard InChI is InChI=1S/C17H24N2O3/c1-3-12(2)16(21)18-14-7-4-6-13(10-14)17(22)19-9-5-8-15(20)11-19/h4,6-7,10,12,15,20H,3,5,8-9,11H2,1-2H3,(H,18,21). The van der Waals surface area contributed by atoms with E-state index in [1.54, 1.807) is 29.2 Å².